The third-order valence-electron chi connectivity index (χ3n) is 8.96. The van der Waals surface area contributed by atoms with E-state index in [9.17, 15) is 18.4 Å². The molecule has 5 rings (SSSR count). The van der Waals surface area contributed by atoms with E-state index in [-0.39, 0.29) is 46.4 Å². The lowest BCUT2D eigenvalue weighted by Gasteiger charge is -2.76. The predicted octanol–water partition coefficient (Wildman–Crippen LogP) is 3.92. The molecule has 0 spiro atoms. The second-order valence-corrected chi connectivity index (χ2v) is 10.8. The molecule has 7 nitrogen and oxygen atoms in total. The molecule has 1 aromatic heterocycles. The normalized spacial score (nSPS) is 29.9. The number of nitrogens with one attached hydrogen (secondary N) is 1. The van der Waals surface area contributed by atoms with E-state index in [1.165, 1.54) is 23.1 Å². The van der Waals surface area contributed by atoms with Crippen LogP contribution in [0.5, 0.6) is 0 Å². The Balaban J connectivity index is 1.51. The summed E-state index contributed by atoms with van der Waals surface area (Å²) in [5, 5.41) is 11.5. The van der Waals surface area contributed by atoms with Gasteiger partial charge < -0.3 is 15.0 Å². The lowest BCUT2D eigenvalue weighted by Crippen LogP contribution is -2.74. The number of fused-ring (bicyclic) bond motifs is 3. The summed E-state index contributed by atoms with van der Waals surface area (Å²) in [6.45, 7) is 6.12. The van der Waals surface area contributed by atoms with Gasteiger partial charge in [-0.25, -0.2) is 8.78 Å². The fraction of sp³-hybridized carbons (Fsp3) is 0.556. The number of likely N-dealkylation sites (N-methyl/N-ethyl adjacent to an activating group) is 1. The van der Waals surface area contributed by atoms with Crippen molar-refractivity contribution in [3.05, 3.63) is 47.2 Å². The molecule has 2 aromatic rings. The molecule has 0 saturated heterocycles. The lowest BCUT2D eigenvalue weighted by atomic mass is 9.29. The second-order valence-electron chi connectivity index (χ2n) is 10.8. The largest absolute Gasteiger partial charge is 0.355 e. The summed E-state index contributed by atoms with van der Waals surface area (Å²) in [6, 6.07) is 5.50. The van der Waals surface area contributed by atoms with Gasteiger partial charge in [-0.1, -0.05) is 26.8 Å². The van der Waals surface area contributed by atoms with E-state index in [0.717, 1.165) is 18.4 Å². The zero-order valence-corrected chi connectivity index (χ0v) is 21.3. The number of carbonyl (C=O) groups is 2. The Kier molecular flexibility index (Phi) is 5.70. The number of halogens is 2. The van der Waals surface area contributed by atoms with E-state index >= 15 is 0 Å². The highest BCUT2D eigenvalue weighted by Gasteiger charge is 2.85. The lowest BCUT2D eigenvalue weighted by molar-refractivity contribution is -0.354. The summed E-state index contributed by atoms with van der Waals surface area (Å²) in [4.78, 5) is 26.4. The Morgan fingerprint density at radius 2 is 1.92 bits per heavy atom. The topological polar surface area (TPSA) is 84.4 Å². The molecule has 2 unspecified atom stereocenters. The van der Waals surface area contributed by atoms with Crippen LogP contribution in [0.25, 0.3) is 11.3 Å². The van der Waals surface area contributed by atoms with Gasteiger partial charge in [0, 0.05) is 19.5 Å². The van der Waals surface area contributed by atoms with Crippen molar-refractivity contribution in [1.29, 1.82) is 0 Å². The van der Waals surface area contributed by atoms with Crippen molar-refractivity contribution in [2.45, 2.75) is 64.1 Å². The van der Waals surface area contributed by atoms with Gasteiger partial charge in [0.05, 0.1) is 23.5 Å². The first-order valence-electron chi connectivity index (χ1n) is 12.5. The van der Waals surface area contributed by atoms with Crippen molar-refractivity contribution in [1.82, 2.24) is 20.4 Å². The number of carbonyl (C=O) groups excluding carboxylic acids is 2. The van der Waals surface area contributed by atoms with Gasteiger partial charge >= 0.3 is 0 Å². The number of aromatic nitrogens is 2. The minimum Gasteiger partial charge on any atom is -0.355 e. The first kappa shape index (κ1) is 24.7. The summed E-state index contributed by atoms with van der Waals surface area (Å²) in [5.74, 6) is -1.81. The maximum Gasteiger partial charge on any atom is 0.249 e. The quantitative estimate of drug-likeness (QED) is 0.596. The van der Waals surface area contributed by atoms with E-state index in [1.807, 2.05) is 6.92 Å². The molecule has 1 aromatic carbocycles. The average Bonchev–Trinajstić information content (AvgIpc) is 2.89. The predicted molar refractivity (Wildman–Crippen MR) is 129 cm³/mol. The smallest absolute Gasteiger partial charge is 0.249 e. The number of amides is 2. The Morgan fingerprint density at radius 3 is 2.50 bits per heavy atom. The van der Waals surface area contributed by atoms with Crippen molar-refractivity contribution >= 4 is 11.8 Å². The molecule has 192 valence electrons. The maximum absolute atomic E-state index is 14.5. The number of rotatable bonds is 8. The van der Waals surface area contributed by atoms with Crippen LogP contribution in [0.3, 0.4) is 0 Å². The molecule has 9 heteroatoms. The molecule has 36 heavy (non-hydrogen) atoms. The highest BCUT2D eigenvalue weighted by Crippen LogP contribution is 2.88. The SMILES string of the molecule is CC[C@@H](O[C@@]12CC3(C)C[C@@H](c4cc(-c5c(F)cccc5F)nnc41)C32CC)C(=O)NCC(=O)N(C)C. The molecule has 2 amide bonds. The molecular formula is C27H32F2N4O3. The molecule has 1 N–H and O–H groups in total. The molecule has 5 atom stereocenters. The van der Waals surface area contributed by atoms with Crippen LogP contribution in [0, 0.1) is 22.5 Å². The average molecular weight is 499 g/mol. The van der Waals surface area contributed by atoms with Crippen LogP contribution in [0.15, 0.2) is 24.3 Å². The van der Waals surface area contributed by atoms with E-state index in [1.54, 1.807) is 20.2 Å². The zero-order chi connectivity index (χ0) is 26.0. The molecule has 0 radical (unpaired) electrons. The van der Waals surface area contributed by atoms with Gasteiger partial charge in [-0.3, -0.25) is 9.59 Å². The summed E-state index contributed by atoms with van der Waals surface area (Å²) < 4.78 is 35.7. The van der Waals surface area contributed by atoms with Gasteiger partial charge in [0.25, 0.3) is 0 Å². The van der Waals surface area contributed by atoms with Crippen LogP contribution in [0.1, 0.15) is 63.6 Å². The summed E-state index contributed by atoms with van der Waals surface area (Å²) in [7, 11) is 3.27. The summed E-state index contributed by atoms with van der Waals surface area (Å²) >= 11 is 0. The van der Waals surface area contributed by atoms with Gasteiger partial charge in [0.15, 0.2) is 0 Å². The fourth-order valence-electron chi connectivity index (χ4n) is 7.38. The van der Waals surface area contributed by atoms with Gasteiger partial charge in [-0.05, 0) is 60.8 Å². The van der Waals surface area contributed by atoms with Crippen molar-refractivity contribution in [2.24, 2.45) is 10.8 Å². The first-order valence-corrected chi connectivity index (χ1v) is 12.5. The Hall–Kier alpha value is -2.94. The van der Waals surface area contributed by atoms with E-state index in [4.69, 9.17) is 4.74 Å². The Morgan fingerprint density at radius 1 is 1.22 bits per heavy atom. The van der Waals surface area contributed by atoms with E-state index in [2.05, 4.69) is 29.4 Å². The molecule has 0 aliphatic heterocycles. The molecule has 3 aliphatic carbocycles. The second kappa shape index (κ2) is 8.30. The van der Waals surface area contributed by atoms with E-state index < -0.39 is 23.3 Å². The third-order valence-corrected chi connectivity index (χ3v) is 8.96. The highest BCUT2D eigenvalue weighted by atomic mass is 19.1. The van der Waals surface area contributed by atoms with Crippen LogP contribution in [-0.2, 0) is 19.9 Å². The number of benzene rings is 1. The number of hydrogen-bond donors (Lipinski definition) is 1. The molecule has 2 fully saturated rings. The minimum atomic E-state index is -0.808. The van der Waals surface area contributed by atoms with Crippen molar-refractivity contribution in [3.8, 4) is 11.3 Å². The molecule has 3 aliphatic rings. The third kappa shape index (κ3) is 3.04. The Labute approximate surface area is 209 Å². The van der Waals surface area contributed by atoms with Crippen LogP contribution in [0.2, 0.25) is 0 Å². The summed E-state index contributed by atoms with van der Waals surface area (Å²) in [6.07, 6.45) is 2.08. The maximum atomic E-state index is 14.5. The highest BCUT2D eigenvalue weighted by molar-refractivity contribution is 5.86. The number of nitrogens with zero attached hydrogens (tertiary/aromatic N) is 3. The summed E-state index contributed by atoms with van der Waals surface area (Å²) in [5.41, 5.74) is 0.483. The molecular weight excluding hydrogens is 466 g/mol. The van der Waals surface area contributed by atoms with Crippen LogP contribution < -0.4 is 5.32 Å². The standard InChI is InChI=1S/C27H32F2N4O3/c1-6-20(24(35)30-13-21(34)33(4)5)36-27-14-25(3)12-16(26(25,27)7-2)15-11-19(31-32-23(15)27)22-17(28)9-8-10-18(22)29/h8-11,16,20H,6-7,12-14H2,1-5H3,(H,30,35)/t16-,20+,25?,26?,27-/m0/s1. The fourth-order valence-corrected chi connectivity index (χ4v) is 7.38. The monoisotopic (exact) mass is 498 g/mol. The van der Waals surface area contributed by atoms with Gasteiger partial charge in [0.2, 0.25) is 11.8 Å². The van der Waals surface area contributed by atoms with E-state index in [0.29, 0.717) is 18.5 Å². The number of ether oxygens (including phenoxy) is 1. The zero-order valence-electron chi connectivity index (χ0n) is 21.3. The molecule has 2 saturated carbocycles. The van der Waals surface area contributed by atoms with Gasteiger partial charge in [-0.15, -0.1) is 5.10 Å². The van der Waals surface area contributed by atoms with Gasteiger partial charge in [0.1, 0.15) is 23.3 Å². The number of hydrogen-bond acceptors (Lipinski definition) is 5. The van der Waals surface area contributed by atoms with Crippen LogP contribution >= 0.6 is 0 Å². The van der Waals surface area contributed by atoms with Crippen molar-refractivity contribution in [2.75, 3.05) is 20.6 Å². The van der Waals surface area contributed by atoms with Crippen molar-refractivity contribution < 1.29 is 23.1 Å². The Bertz CT molecular complexity index is 1230. The van der Waals surface area contributed by atoms with Crippen LogP contribution in [-0.4, -0.2) is 53.7 Å². The molecule has 0 bridgehead atoms. The first-order chi connectivity index (χ1) is 17.0. The van der Waals surface area contributed by atoms with Gasteiger partial charge in [-0.2, -0.15) is 5.10 Å². The van der Waals surface area contributed by atoms with Crippen molar-refractivity contribution in [3.63, 3.8) is 0 Å². The molecule has 1 heterocycles. The van der Waals surface area contributed by atoms with Crippen LogP contribution in [0.4, 0.5) is 8.78 Å². The minimum absolute atomic E-state index is 0.0200.